The standard InChI is InChI=1S/C16H18F3NO5S/c17-16(18,19)15(25,11-4-2-1-3-5-11)12(21)13(22)20-6-7-26-9-10(8-20)14(23)24/h1-5,10,12,21,25H,6-9H2,(H,23,24). The molecular weight excluding hydrogens is 375 g/mol. The number of benzene rings is 1. The zero-order chi connectivity index (χ0) is 19.5. The molecule has 144 valence electrons. The average Bonchev–Trinajstić information content (AvgIpc) is 2.86. The van der Waals surface area contributed by atoms with Crippen LogP contribution in [0.1, 0.15) is 5.56 Å². The van der Waals surface area contributed by atoms with Crippen LogP contribution in [0.5, 0.6) is 0 Å². The van der Waals surface area contributed by atoms with Crippen LogP contribution in [-0.4, -0.2) is 69.0 Å². The smallest absolute Gasteiger partial charge is 0.424 e. The number of hydrogen-bond acceptors (Lipinski definition) is 5. The molecule has 1 fully saturated rings. The summed E-state index contributed by atoms with van der Waals surface area (Å²) in [4.78, 5) is 24.5. The summed E-state index contributed by atoms with van der Waals surface area (Å²) in [6.07, 6.45) is -8.14. The molecule has 1 aliphatic rings. The number of rotatable bonds is 4. The molecule has 6 nitrogen and oxygen atoms in total. The first-order valence-electron chi connectivity index (χ1n) is 7.71. The number of nitrogens with zero attached hydrogens (tertiary/aromatic N) is 1. The molecule has 10 heteroatoms. The Morgan fingerprint density at radius 1 is 1.23 bits per heavy atom. The summed E-state index contributed by atoms with van der Waals surface area (Å²) in [6, 6.07) is 5.83. The van der Waals surface area contributed by atoms with Gasteiger partial charge in [-0.3, -0.25) is 9.59 Å². The van der Waals surface area contributed by atoms with Gasteiger partial charge in [-0.2, -0.15) is 24.9 Å². The van der Waals surface area contributed by atoms with Gasteiger partial charge in [0.1, 0.15) is 0 Å². The van der Waals surface area contributed by atoms with E-state index in [1.54, 1.807) is 0 Å². The van der Waals surface area contributed by atoms with E-state index >= 15 is 0 Å². The van der Waals surface area contributed by atoms with E-state index in [4.69, 9.17) is 5.11 Å². The van der Waals surface area contributed by atoms with Gasteiger partial charge in [0.25, 0.3) is 5.91 Å². The molecular formula is C16H18F3NO5S. The minimum absolute atomic E-state index is 0.0208. The highest BCUT2D eigenvalue weighted by Gasteiger charge is 2.62. The highest BCUT2D eigenvalue weighted by molar-refractivity contribution is 7.99. The van der Waals surface area contributed by atoms with Gasteiger partial charge in [0.05, 0.1) is 5.92 Å². The Hall–Kier alpha value is -1.78. The minimum atomic E-state index is -5.32. The monoisotopic (exact) mass is 393 g/mol. The minimum Gasteiger partial charge on any atom is -0.481 e. The van der Waals surface area contributed by atoms with E-state index < -0.39 is 41.2 Å². The fourth-order valence-electron chi connectivity index (χ4n) is 2.68. The molecule has 0 aliphatic carbocycles. The Balaban J connectivity index is 2.34. The van der Waals surface area contributed by atoms with Crippen molar-refractivity contribution < 1.29 is 38.1 Å². The van der Waals surface area contributed by atoms with Gasteiger partial charge >= 0.3 is 12.1 Å². The molecule has 3 unspecified atom stereocenters. The Morgan fingerprint density at radius 2 is 1.85 bits per heavy atom. The molecule has 1 amide bonds. The molecule has 0 spiro atoms. The zero-order valence-corrected chi connectivity index (χ0v) is 14.3. The number of alkyl halides is 3. The molecule has 0 radical (unpaired) electrons. The van der Waals surface area contributed by atoms with E-state index in [0.717, 1.165) is 17.0 Å². The van der Waals surface area contributed by atoms with E-state index in [2.05, 4.69) is 0 Å². The summed E-state index contributed by atoms with van der Waals surface area (Å²) in [7, 11) is 0. The maximum absolute atomic E-state index is 13.6. The predicted molar refractivity (Wildman–Crippen MR) is 87.4 cm³/mol. The number of aliphatic hydroxyl groups is 2. The molecule has 1 aliphatic heterocycles. The Kier molecular flexibility index (Phi) is 6.20. The van der Waals surface area contributed by atoms with Crippen molar-refractivity contribution in [2.24, 2.45) is 5.92 Å². The fraction of sp³-hybridized carbons (Fsp3) is 0.500. The SMILES string of the molecule is O=C(O)C1CSCCN(C(=O)C(O)C(O)(c2ccccc2)C(F)(F)F)C1. The zero-order valence-electron chi connectivity index (χ0n) is 13.5. The quantitative estimate of drug-likeness (QED) is 0.708. The van der Waals surface area contributed by atoms with Crippen molar-refractivity contribution in [2.75, 3.05) is 24.6 Å². The van der Waals surface area contributed by atoms with Crippen molar-refractivity contribution >= 4 is 23.6 Å². The first kappa shape index (κ1) is 20.5. The Labute approximate surface area is 151 Å². The molecule has 0 bridgehead atoms. The third-order valence-corrected chi connectivity index (χ3v) is 5.31. The number of halogens is 3. The van der Waals surface area contributed by atoms with Gasteiger partial charge in [0.2, 0.25) is 5.60 Å². The summed E-state index contributed by atoms with van der Waals surface area (Å²) < 4.78 is 40.7. The number of amides is 1. The van der Waals surface area contributed by atoms with E-state index in [1.165, 1.54) is 30.0 Å². The molecule has 0 aromatic heterocycles. The summed E-state index contributed by atoms with van der Waals surface area (Å²) in [5.41, 5.74) is -4.48. The molecule has 1 heterocycles. The average molecular weight is 393 g/mol. The van der Waals surface area contributed by atoms with Crippen molar-refractivity contribution in [3.05, 3.63) is 35.9 Å². The van der Waals surface area contributed by atoms with Crippen molar-refractivity contribution in [1.82, 2.24) is 4.90 Å². The maximum atomic E-state index is 13.6. The van der Waals surface area contributed by atoms with Crippen LogP contribution >= 0.6 is 11.8 Å². The third kappa shape index (κ3) is 3.97. The normalized spacial score (nSPS) is 22.2. The second-order valence-corrected chi connectivity index (χ2v) is 7.08. The third-order valence-electron chi connectivity index (χ3n) is 4.20. The summed E-state index contributed by atoms with van der Waals surface area (Å²) in [5, 5.41) is 29.6. The lowest BCUT2D eigenvalue weighted by molar-refractivity contribution is -0.294. The topological polar surface area (TPSA) is 98.1 Å². The Morgan fingerprint density at radius 3 is 2.38 bits per heavy atom. The number of aliphatic carboxylic acids is 1. The number of thioether (sulfide) groups is 1. The second-order valence-electron chi connectivity index (χ2n) is 5.93. The van der Waals surface area contributed by atoms with Gasteiger partial charge in [-0.05, 0) is 5.56 Å². The van der Waals surface area contributed by atoms with Gasteiger partial charge in [-0.1, -0.05) is 30.3 Å². The van der Waals surface area contributed by atoms with Crippen LogP contribution in [0.2, 0.25) is 0 Å². The van der Waals surface area contributed by atoms with Crippen molar-refractivity contribution in [2.45, 2.75) is 17.9 Å². The molecule has 3 N–H and O–H groups in total. The highest BCUT2D eigenvalue weighted by atomic mass is 32.2. The second kappa shape index (κ2) is 7.85. The van der Waals surface area contributed by atoms with E-state index in [0.29, 0.717) is 5.75 Å². The number of carboxylic acid groups (broad SMARTS) is 1. The first-order chi connectivity index (χ1) is 12.1. The van der Waals surface area contributed by atoms with E-state index in [1.807, 2.05) is 0 Å². The molecule has 3 atom stereocenters. The van der Waals surface area contributed by atoms with Gasteiger partial charge in [-0.25, -0.2) is 0 Å². The number of carbonyl (C=O) groups is 2. The van der Waals surface area contributed by atoms with Crippen molar-refractivity contribution in [1.29, 1.82) is 0 Å². The molecule has 26 heavy (non-hydrogen) atoms. The number of hydrogen-bond donors (Lipinski definition) is 3. The van der Waals surface area contributed by atoms with Crippen LogP contribution < -0.4 is 0 Å². The van der Waals surface area contributed by atoms with Crippen LogP contribution in [-0.2, 0) is 15.2 Å². The molecule has 2 rings (SSSR count). The van der Waals surface area contributed by atoms with Crippen LogP contribution in [0.4, 0.5) is 13.2 Å². The van der Waals surface area contributed by atoms with Crippen LogP contribution in [0, 0.1) is 5.92 Å². The van der Waals surface area contributed by atoms with Crippen LogP contribution in [0.25, 0.3) is 0 Å². The molecule has 0 saturated carbocycles. The van der Waals surface area contributed by atoms with E-state index in [-0.39, 0.29) is 18.8 Å². The van der Waals surface area contributed by atoms with Gasteiger partial charge in [0.15, 0.2) is 6.10 Å². The summed E-state index contributed by atoms with van der Waals surface area (Å²) >= 11 is 1.25. The van der Waals surface area contributed by atoms with Crippen LogP contribution in [0.3, 0.4) is 0 Å². The fourth-order valence-corrected chi connectivity index (χ4v) is 3.73. The summed E-state index contributed by atoms with van der Waals surface area (Å²) in [6.45, 7) is -0.353. The lowest BCUT2D eigenvalue weighted by Crippen LogP contribution is -2.58. The van der Waals surface area contributed by atoms with Gasteiger partial charge < -0.3 is 20.2 Å². The Bertz CT molecular complexity index is 657. The highest BCUT2D eigenvalue weighted by Crippen LogP contribution is 2.42. The van der Waals surface area contributed by atoms with Gasteiger partial charge in [0, 0.05) is 24.6 Å². The first-order valence-corrected chi connectivity index (χ1v) is 8.86. The van der Waals surface area contributed by atoms with Crippen molar-refractivity contribution in [3.8, 4) is 0 Å². The van der Waals surface area contributed by atoms with Crippen LogP contribution in [0.15, 0.2) is 30.3 Å². The van der Waals surface area contributed by atoms with E-state index in [9.17, 15) is 33.0 Å². The largest absolute Gasteiger partial charge is 0.481 e. The molecule has 1 aromatic rings. The van der Waals surface area contributed by atoms with Gasteiger partial charge in [-0.15, -0.1) is 0 Å². The number of aliphatic hydroxyl groups excluding tert-OH is 1. The molecule has 1 aromatic carbocycles. The number of carboxylic acids is 1. The lowest BCUT2D eigenvalue weighted by Gasteiger charge is -2.36. The molecule has 1 saturated heterocycles. The van der Waals surface area contributed by atoms with Crippen molar-refractivity contribution in [3.63, 3.8) is 0 Å². The lowest BCUT2D eigenvalue weighted by atomic mass is 9.86. The maximum Gasteiger partial charge on any atom is 0.424 e. The predicted octanol–water partition coefficient (Wildman–Crippen LogP) is 1.07. The number of carbonyl (C=O) groups excluding carboxylic acids is 1. The summed E-state index contributed by atoms with van der Waals surface area (Å²) in [5.74, 6) is -2.98.